The summed E-state index contributed by atoms with van der Waals surface area (Å²) < 4.78 is 7.10. The summed E-state index contributed by atoms with van der Waals surface area (Å²) in [5, 5.41) is 13.0. The van der Waals surface area contributed by atoms with Crippen LogP contribution in [0.15, 0.2) is 30.5 Å². The number of ether oxygens (including phenoxy) is 1. The van der Waals surface area contributed by atoms with Crippen LogP contribution in [0, 0.1) is 6.92 Å². The minimum Gasteiger partial charge on any atom is -0.491 e. The fourth-order valence-corrected chi connectivity index (χ4v) is 1.75. The lowest BCUT2D eigenvalue weighted by Gasteiger charge is -2.10. The van der Waals surface area contributed by atoms with Gasteiger partial charge < -0.3 is 9.84 Å². The maximum Gasteiger partial charge on any atom is 0.356 e. The molecule has 1 aromatic carbocycles. The largest absolute Gasteiger partial charge is 0.491 e. The van der Waals surface area contributed by atoms with Crippen LogP contribution in [0.1, 0.15) is 29.9 Å². The van der Waals surface area contributed by atoms with Gasteiger partial charge in [0.05, 0.1) is 11.8 Å². The molecule has 0 fully saturated rings. The third-order valence-corrected chi connectivity index (χ3v) is 2.57. The van der Waals surface area contributed by atoms with Crippen LogP contribution in [-0.2, 0) is 0 Å². The van der Waals surface area contributed by atoms with E-state index in [1.54, 1.807) is 17.8 Å². The Bertz CT molecular complexity index is 585. The Kier molecular flexibility index (Phi) is 3.55. The summed E-state index contributed by atoms with van der Waals surface area (Å²) in [6.45, 7) is 5.65. The average Bonchev–Trinajstić information content (AvgIpc) is 2.71. The maximum absolute atomic E-state index is 10.9. The summed E-state index contributed by atoms with van der Waals surface area (Å²) in [6.07, 6.45) is 1.82. The second kappa shape index (κ2) is 5.14. The molecule has 100 valence electrons. The normalized spacial score (nSPS) is 10.7. The van der Waals surface area contributed by atoms with Crippen LogP contribution in [-0.4, -0.2) is 27.0 Å². The minimum atomic E-state index is -1.02. The van der Waals surface area contributed by atoms with Crippen molar-refractivity contribution in [1.82, 2.24) is 9.78 Å². The molecule has 0 aliphatic rings. The summed E-state index contributed by atoms with van der Waals surface area (Å²) in [4.78, 5) is 10.9. The average molecular weight is 260 g/mol. The van der Waals surface area contributed by atoms with E-state index in [4.69, 9.17) is 9.84 Å². The van der Waals surface area contributed by atoms with Gasteiger partial charge in [-0.15, -0.1) is 0 Å². The van der Waals surface area contributed by atoms with Gasteiger partial charge in [-0.05, 0) is 45.0 Å². The van der Waals surface area contributed by atoms with E-state index in [9.17, 15) is 4.79 Å². The van der Waals surface area contributed by atoms with Gasteiger partial charge in [0.15, 0.2) is 5.69 Å². The Balaban J connectivity index is 2.27. The van der Waals surface area contributed by atoms with Gasteiger partial charge in [-0.25, -0.2) is 9.48 Å². The Morgan fingerprint density at radius 3 is 2.42 bits per heavy atom. The molecule has 0 unspecified atom stereocenters. The molecule has 0 saturated heterocycles. The van der Waals surface area contributed by atoms with Gasteiger partial charge in [0.2, 0.25) is 0 Å². The second-order valence-electron chi connectivity index (χ2n) is 4.57. The predicted octanol–water partition coefficient (Wildman–Crippen LogP) is 2.67. The summed E-state index contributed by atoms with van der Waals surface area (Å²) in [7, 11) is 0. The first-order chi connectivity index (χ1) is 8.97. The molecule has 5 heteroatoms. The number of carboxylic acid groups (broad SMARTS) is 1. The van der Waals surface area contributed by atoms with Crippen LogP contribution in [0.25, 0.3) is 5.69 Å². The number of aromatic nitrogens is 2. The van der Waals surface area contributed by atoms with Gasteiger partial charge in [-0.1, -0.05) is 0 Å². The van der Waals surface area contributed by atoms with Gasteiger partial charge in [-0.2, -0.15) is 5.10 Å². The molecule has 2 rings (SSSR count). The van der Waals surface area contributed by atoms with Gasteiger partial charge in [0.1, 0.15) is 5.75 Å². The maximum atomic E-state index is 10.9. The first-order valence-electron chi connectivity index (χ1n) is 6.04. The number of carboxylic acids is 1. The number of nitrogens with zero attached hydrogens (tertiary/aromatic N) is 2. The van der Waals surface area contributed by atoms with E-state index >= 15 is 0 Å². The molecule has 5 nitrogen and oxygen atoms in total. The Labute approximate surface area is 111 Å². The minimum absolute atomic E-state index is 0.0718. The Morgan fingerprint density at radius 1 is 1.32 bits per heavy atom. The third-order valence-electron chi connectivity index (χ3n) is 2.57. The van der Waals surface area contributed by atoms with Gasteiger partial charge in [-0.3, -0.25) is 0 Å². The molecule has 0 aliphatic heterocycles. The molecule has 0 bridgehead atoms. The second-order valence-corrected chi connectivity index (χ2v) is 4.57. The molecule has 0 saturated carbocycles. The zero-order valence-corrected chi connectivity index (χ0v) is 11.1. The number of rotatable bonds is 4. The van der Waals surface area contributed by atoms with Crippen molar-refractivity contribution < 1.29 is 14.6 Å². The molecule has 0 spiro atoms. The quantitative estimate of drug-likeness (QED) is 0.917. The lowest BCUT2D eigenvalue weighted by Crippen LogP contribution is -2.05. The van der Waals surface area contributed by atoms with Crippen molar-refractivity contribution >= 4 is 5.97 Å². The lowest BCUT2D eigenvalue weighted by molar-refractivity contribution is 0.0689. The molecule has 0 aliphatic carbocycles. The monoisotopic (exact) mass is 260 g/mol. The van der Waals surface area contributed by atoms with Crippen molar-refractivity contribution in [2.45, 2.75) is 26.9 Å². The van der Waals surface area contributed by atoms with E-state index in [1.165, 1.54) is 0 Å². The van der Waals surface area contributed by atoms with Crippen molar-refractivity contribution in [3.8, 4) is 11.4 Å². The molecular formula is C14H16N2O3. The number of aryl methyl sites for hydroxylation is 1. The fourth-order valence-electron chi connectivity index (χ4n) is 1.75. The fraction of sp³-hybridized carbons (Fsp3) is 0.286. The van der Waals surface area contributed by atoms with E-state index in [1.807, 2.05) is 38.1 Å². The summed E-state index contributed by atoms with van der Waals surface area (Å²) in [5.74, 6) is -0.239. The third kappa shape index (κ3) is 2.93. The van der Waals surface area contributed by atoms with E-state index in [0.717, 1.165) is 11.4 Å². The summed E-state index contributed by atoms with van der Waals surface area (Å²) in [5.41, 5.74) is 1.50. The molecule has 0 amide bonds. The number of carbonyl (C=O) groups is 1. The first kappa shape index (κ1) is 13.1. The van der Waals surface area contributed by atoms with Crippen LogP contribution in [0.3, 0.4) is 0 Å². The van der Waals surface area contributed by atoms with E-state index < -0.39 is 5.97 Å². The van der Waals surface area contributed by atoms with Crippen molar-refractivity contribution in [3.05, 3.63) is 41.7 Å². The highest BCUT2D eigenvalue weighted by Gasteiger charge is 2.12. The summed E-state index contributed by atoms with van der Waals surface area (Å²) in [6, 6.07) is 7.37. The highest BCUT2D eigenvalue weighted by molar-refractivity contribution is 5.86. The van der Waals surface area contributed by atoms with Crippen LogP contribution in [0.5, 0.6) is 5.75 Å². The number of hydrogen-bond acceptors (Lipinski definition) is 3. The number of benzene rings is 1. The molecule has 0 atom stereocenters. The first-order valence-corrected chi connectivity index (χ1v) is 6.04. The zero-order chi connectivity index (χ0) is 14.0. The summed E-state index contributed by atoms with van der Waals surface area (Å²) >= 11 is 0. The van der Waals surface area contributed by atoms with Crippen LogP contribution in [0.2, 0.25) is 0 Å². The van der Waals surface area contributed by atoms with Crippen LogP contribution >= 0.6 is 0 Å². The SMILES string of the molecule is Cc1cn(-c2ccc(OC(C)C)cc2)nc1C(=O)O. The Morgan fingerprint density at radius 2 is 1.95 bits per heavy atom. The Hall–Kier alpha value is -2.30. The lowest BCUT2D eigenvalue weighted by atomic mass is 10.3. The zero-order valence-electron chi connectivity index (χ0n) is 11.1. The van der Waals surface area contributed by atoms with Crippen LogP contribution in [0.4, 0.5) is 0 Å². The molecule has 19 heavy (non-hydrogen) atoms. The molecule has 2 aromatic rings. The van der Waals surface area contributed by atoms with E-state index in [-0.39, 0.29) is 11.8 Å². The predicted molar refractivity (Wildman–Crippen MR) is 71.0 cm³/mol. The van der Waals surface area contributed by atoms with Crippen molar-refractivity contribution in [2.24, 2.45) is 0 Å². The highest BCUT2D eigenvalue weighted by atomic mass is 16.5. The topological polar surface area (TPSA) is 64.4 Å². The number of hydrogen-bond donors (Lipinski definition) is 1. The van der Waals surface area contributed by atoms with Gasteiger partial charge in [0, 0.05) is 11.8 Å². The van der Waals surface area contributed by atoms with Gasteiger partial charge in [0.25, 0.3) is 0 Å². The van der Waals surface area contributed by atoms with Crippen LogP contribution < -0.4 is 4.74 Å². The van der Waals surface area contributed by atoms with Gasteiger partial charge >= 0.3 is 5.97 Å². The van der Waals surface area contributed by atoms with Crippen molar-refractivity contribution in [1.29, 1.82) is 0 Å². The smallest absolute Gasteiger partial charge is 0.356 e. The van der Waals surface area contributed by atoms with E-state index in [0.29, 0.717) is 5.56 Å². The molecule has 0 radical (unpaired) electrons. The molecular weight excluding hydrogens is 244 g/mol. The van der Waals surface area contributed by atoms with Crippen molar-refractivity contribution in [3.63, 3.8) is 0 Å². The molecule has 1 aromatic heterocycles. The van der Waals surface area contributed by atoms with E-state index in [2.05, 4.69) is 5.10 Å². The number of aromatic carboxylic acids is 1. The molecule has 1 N–H and O–H groups in total. The standard InChI is InChI=1S/C14H16N2O3/c1-9(2)19-12-6-4-11(5-7-12)16-8-10(3)13(15-16)14(17)18/h4-9H,1-3H3,(H,17,18). The highest BCUT2D eigenvalue weighted by Crippen LogP contribution is 2.17. The van der Waals surface area contributed by atoms with Crippen molar-refractivity contribution in [2.75, 3.05) is 0 Å². The molecule has 1 heterocycles.